The van der Waals surface area contributed by atoms with Crippen LogP contribution in [0.1, 0.15) is 12.5 Å². The van der Waals surface area contributed by atoms with E-state index < -0.39 is 0 Å². The molecule has 1 N–H and O–H groups in total. The molecule has 4 aromatic rings. The van der Waals surface area contributed by atoms with E-state index in [2.05, 4.69) is 48.2 Å². The van der Waals surface area contributed by atoms with Crippen LogP contribution in [0.25, 0.3) is 22.1 Å². The highest BCUT2D eigenvalue weighted by Crippen LogP contribution is 2.26. The topological polar surface area (TPSA) is 71.2 Å². The second kappa shape index (κ2) is 7.03. The largest absolute Gasteiger partial charge is 0.378 e. The molecule has 2 heterocycles. The van der Waals surface area contributed by atoms with Crippen molar-refractivity contribution in [1.82, 2.24) is 19.7 Å². The Bertz CT molecular complexity index is 1110. The van der Waals surface area contributed by atoms with Crippen LogP contribution in [-0.4, -0.2) is 40.1 Å². The van der Waals surface area contributed by atoms with E-state index in [4.69, 9.17) is 0 Å². The number of nitrogens with zero attached hydrogens (tertiary/aromatic N) is 6. The SMILES string of the molecule is CCn1c2ccccc2c2nnc(NN=Cc3ccc(N(C)C)cc3)nc21. The Morgan fingerprint density at radius 2 is 1.85 bits per heavy atom. The molecule has 0 spiro atoms. The number of hydrazone groups is 1. The molecule has 2 aromatic carbocycles. The molecule has 0 aliphatic heterocycles. The van der Waals surface area contributed by atoms with Gasteiger partial charge in [-0.1, -0.05) is 30.3 Å². The molecular formula is C20H21N7. The third-order valence-corrected chi connectivity index (χ3v) is 4.48. The van der Waals surface area contributed by atoms with Crippen molar-refractivity contribution in [1.29, 1.82) is 0 Å². The van der Waals surface area contributed by atoms with Crippen LogP contribution in [0.15, 0.2) is 53.6 Å². The lowest BCUT2D eigenvalue weighted by Crippen LogP contribution is -2.08. The highest BCUT2D eigenvalue weighted by molar-refractivity contribution is 6.04. The summed E-state index contributed by atoms with van der Waals surface area (Å²) in [5.74, 6) is 0.376. The van der Waals surface area contributed by atoms with Crippen molar-refractivity contribution in [2.75, 3.05) is 24.4 Å². The van der Waals surface area contributed by atoms with Crippen LogP contribution in [-0.2, 0) is 6.54 Å². The highest BCUT2D eigenvalue weighted by atomic mass is 15.4. The summed E-state index contributed by atoms with van der Waals surface area (Å²) >= 11 is 0. The molecule has 0 fully saturated rings. The zero-order valence-electron chi connectivity index (χ0n) is 15.6. The Morgan fingerprint density at radius 1 is 1.07 bits per heavy atom. The molecule has 0 radical (unpaired) electrons. The average Bonchev–Trinajstić information content (AvgIpc) is 3.01. The van der Waals surface area contributed by atoms with Crippen LogP contribution in [0.4, 0.5) is 11.6 Å². The average molecular weight is 359 g/mol. The summed E-state index contributed by atoms with van der Waals surface area (Å²) in [5, 5.41) is 13.8. The summed E-state index contributed by atoms with van der Waals surface area (Å²) in [5.41, 5.74) is 7.74. The van der Waals surface area contributed by atoms with Crippen molar-refractivity contribution in [2.24, 2.45) is 5.10 Å². The van der Waals surface area contributed by atoms with E-state index >= 15 is 0 Å². The van der Waals surface area contributed by atoms with Crippen molar-refractivity contribution >= 4 is 39.9 Å². The molecule has 0 aliphatic carbocycles. The first kappa shape index (κ1) is 17.0. The lowest BCUT2D eigenvalue weighted by Gasteiger charge is -2.11. The monoisotopic (exact) mass is 359 g/mol. The van der Waals surface area contributed by atoms with Gasteiger partial charge in [0.05, 0.1) is 11.7 Å². The van der Waals surface area contributed by atoms with Gasteiger partial charge in [0.1, 0.15) is 5.52 Å². The van der Waals surface area contributed by atoms with Crippen molar-refractivity contribution < 1.29 is 0 Å². The second-order valence-electron chi connectivity index (χ2n) is 6.42. The number of rotatable bonds is 5. The second-order valence-corrected chi connectivity index (χ2v) is 6.42. The molecule has 0 amide bonds. The van der Waals surface area contributed by atoms with Gasteiger partial charge in [0, 0.05) is 31.7 Å². The fraction of sp³-hybridized carbons (Fsp3) is 0.200. The molecule has 0 unspecified atom stereocenters. The normalized spacial score (nSPS) is 11.5. The maximum absolute atomic E-state index is 4.61. The minimum absolute atomic E-state index is 0.376. The molecular weight excluding hydrogens is 338 g/mol. The number of hydrogen-bond acceptors (Lipinski definition) is 6. The summed E-state index contributed by atoms with van der Waals surface area (Å²) in [7, 11) is 4.03. The van der Waals surface area contributed by atoms with E-state index in [0.717, 1.165) is 39.9 Å². The first-order chi connectivity index (χ1) is 13.2. The Morgan fingerprint density at radius 3 is 2.59 bits per heavy atom. The lowest BCUT2D eigenvalue weighted by atomic mass is 10.2. The molecule has 7 nitrogen and oxygen atoms in total. The lowest BCUT2D eigenvalue weighted by molar-refractivity contribution is 0.811. The zero-order valence-corrected chi connectivity index (χ0v) is 15.6. The molecule has 0 saturated carbocycles. The third kappa shape index (κ3) is 3.19. The van der Waals surface area contributed by atoms with Gasteiger partial charge in [-0.3, -0.25) is 0 Å². The fourth-order valence-electron chi connectivity index (χ4n) is 3.09. The summed E-state index contributed by atoms with van der Waals surface area (Å²) in [6.07, 6.45) is 1.74. The van der Waals surface area contributed by atoms with Crippen LogP contribution < -0.4 is 10.3 Å². The quantitative estimate of drug-likeness (QED) is 0.436. The molecule has 136 valence electrons. The van der Waals surface area contributed by atoms with E-state index in [9.17, 15) is 0 Å². The van der Waals surface area contributed by atoms with Gasteiger partial charge >= 0.3 is 0 Å². The van der Waals surface area contributed by atoms with Gasteiger partial charge in [0.2, 0.25) is 0 Å². The van der Waals surface area contributed by atoms with Gasteiger partial charge in [-0.2, -0.15) is 10.1 Å². The van der Waals surface area contributed by atoms with Gasteiger partial charge in [-0.25, -0.2) is 5.43 Å². The molecule has 7 heteroatoms. The summed E-state index contributed by atoms with van der Waals surface area (Å²) in [6, 6.07) is 16.3. The highest BCUT2D eigenvalue weighted by Gasteiger charge is 2.13. The van der Waals surface area contributed by atoms with E-state index in [0.29, 0.717) is 5.95 Å². The minimum Gasteiger partial charge on any atom is -0.378 e. The molecule has 2 aromatic heterocycles. The molecule has 27 heavy (non-hydrogen) atoms. The van der Waals surface area contributed by atoms with E-state index in [1.54, 1.807) is 6.21 Å². The first-order valence-corrected chi connectivity index (χ1v) is 8.85. The van der Waals surface area contributed by atoms with Crippen LogP contribution in [0.2, 0.25) is 0 Å². The van der Waals surface area contributed by atoms with Crippen LogP contribution in [0.3, 0.4) is 0 Å². The van der Waals surface area contributed by atoms with Gasteiger partial charge in [-0.05, 0) is 30.7 Å². The van der Waals surface area contributed by atoms with Gasteiger partial charge in [0.25, 0.3) is 5.95 Å². The maximum atomic E-state index is 4.61. The molecule has 0 atom stereocenters. The fourth-order valence-corrected chi connectivity index (χ4v) is 3.09. The number of nitrogens with one attached hydrogen (secondary N) is 1. The van der Waals surface area contributed by atoms with Crippen molar-refractivity contribution in [3.05, 3.63) is 54.1 Å². The van der Waals surface area contributed by atoms with Crippen molar-refractivity contribution in [3.63, 3.8) is 0 Å². The first-order valence-electron chi connectivity index (χ1n) is 8.85. The van der Waals surface area contributed by atoms with E-state index in [1.165, 1.54) is 0 Å². The predicted octanol–water partition coefficient (Wildman–Crippen LogP) is 3.51. The van der Waals surface area contributed by atoms with E-state index in [-0.39, 0.29) is 0 Å². The third-order valence-electron chi connectivity index (χ3n) is 4.48. The Hall–Kier alpha value is -3.48. The number of aryl methyl sites for hydroxylation is 1. The predicted molar refractivity (Wildman–Crippen MR) is 110 cm³/mol. The number of fused-ring (bicyclic) bond motifs is 3. The molecule has 0 bridgehead atoms. The maximum Gasteiger partial charge on any atom is 0.265 e. The zero-order chi connectivity index (χ0) is 18.8. The van der Waals surface area contributed by atoms with Crippen LogP contribution in [0, 0.1) is 0 Å². The smallest absolute Gasteiger partial charge is 0.265 e. The summed E-state index contributed by atoms with van der Waals surface area (Å²) in [4.78, 5) is 6.67. The number of para-hydroxylation sites is 1. The number of hydrogen-bond donors (Lipinski definition) is 1. The number of anilines is 2. The molecule has 0 saturated heterocycles. The Kier molecular flexibility index (Phi) is 4.42. The van der Waals surface area contributed by atoms with Crippen molar-refractivity contribution in [2.45, 2.75) is 13.5 Å². The van der Waals surface area contributed by atoms with Gasteiger partial charge in [-0.15, -0.1) is 10.2 Å². The minimum atomic E-state index is 0.376. The summed E-state index contributed by atoms with van der Waals surface area (Å²) in [6.45, 7) is 2.90. The Labute approximate surface area is 157 Å². The van der Waals surface area contributed by atoms with Gasteiger partial charge in [0.15, 0.2) is 5.65 Å². The number of benzene rings is 2. The van der Waals surface area contributed by atoms with Gasteiger partial charge < -0.3 is 9.47 Å². The standard InChI is InChI=1S/C20H21N7/c1-4-27-17-8-6-5-7-16(17)18-19(27)22-20(25-23-18)24-21-13-14-9-11-15(12-10-14)26(2)3/h5-13H,4H2,1-3H3,(H,22,24,25). The van der Waals surface area contributed by atoms with Crippen LogP contribution >= 0.6 is 0 Å². The molecule has 0 aliphatic rings. The Balaban J connectivity index is 1.60. The summed E-state index contributed by atoms with van der Waals surface area (Å²) < 4.78 is 2.13. The van der Waals surface area contributed by atoms with Crippen LogP contribution in [0.5, 0.6) is 0 Å². The van der Waals surface area contributed by atoms with E-state index in [1.807, 2.05) is 56.6 Å². The van der Waals surface area contributed by atoms with Crippen molar-refractivity contribution in [3.8, 4) is 0 Å². The molecule has 4 rings (SSSR count). The number of aromatic nitrogens is 4.